The Hall–Kier alpha value is -9.79. The first-order chi connectivity index (χ1) is 36.4. The van der Waals surface area contributed by atoms with Gasteiger partial charge in [-0.2, -0.15) is 0 Å². The van der Waals surface area contributed by atoms with Gasteiger partial charge in [0.25, 0.3) is 0 Å². The molecule has 0 saturated carbocycles. The normalized spacial score (nSPS) is 11.7. The van der Waals surface area contributed by atoms with Crippen LogP contribution in [0.15, 0.2) is 255 Å². The minimum atomic E-state index is -0.327. The molecule has 0 bridgehead atoms. The number of anilines is 6. The van der Waals surface area contributed by atoms with Crippen molar-refractivity contribution in [2.75, 3.05) is 9.80 Å². The van der Waals surface area contributed by atoms with Gasteiger partial charge in [-0.15, -0.1) is 0 Å². The molecule has 0 radical (unpaired) electrons. The van der Waals surface area contributed by atoms with Gasteiger partial charge >= 0.3 is 0 Å². The molecular weight excluding hydrogens is 920 g/mol. The maximum absolute atomic E-state index is 14.8. The molecule has 352 valence electrons. The van der Waals surface area contributed by atoms with E-state index in [-0.39, 0.29) is 17.5 Å². The van der Waals surface area contributed by atoms with Crippen LogP contribution in [0.3, 0.4) is 0 Å². The maximum Gasteiger partial charge on any atom is 0.123 e. The highest BCUT2D eigenvalue weighted by atomic mass is 19.1. The summed E-state index contributed by atoms with van der Waals surface area (Å²) in [6.07, 6.45) is 0. The molecule has 0 amide bonds. The SMILES string of the molecule is Fc1ccc(N(c2ccc3c(c2)c2ccccc2n3-c2ccccc2)c2ccc3c(c2)c2cc(N(c4ccc(F)cc4)c4ccc5c(c4)c4ccccc4n5-c4ccccc4)ccc2n3-c2ccc(F)cc2)cc1. The molecular formula is C66H42F3N5. The van der Waals surface area contributed by atoms with Crippen molar-refractivity contribution in [1.82, 2.24) is 13.7 Å². The van der Waals surface area contributed by atoms with E-state index in [0.29, 0.717) is 0 Å². The van der Waals surface area contributed by atoms with E-state index in [0.717, 1.165) is 117 Å². The van der Waals surface area contributed by atoms with E-state index in [4.69, 9.17) is 0 Å². The Bertz CT molecular complexity index is 4180. The summed E-state index contributed by atoms with van der Waals surface area (Å²) in [5, 5.41) is 6.28. The van der Waals surface area contributed by atoms with Crippen LogP contribution in [0.1, 0.15) is 0 Å². The third kappa shape index (κ3) is 7.02. The van der Waals surface area contributed by atoms with Gasteiger partial charge in [0.2, 0.25) is 0 Å². The number of rotatable bonds is 9. The quantitative estimate of drug-likeness (QED) is 0.144. The molecule has 0 fully saturated rings. The fourth-order valence-corrected chi connectivity index (χ4v) is 11.1. The van der Waals surface area contributed by atoms with Crippen molar-refractivity contribution >= 4 is 99.5 Å². The molecule has 0 aliphatic carbocycles. The number of nitrogens with zero attached hydrogens (tertiary/aromatic N) is 5. The lowest BCUT2D eigenvalue weighted by atomic mass is 10.1. The van der Waals surface area contributed by atoms with Gasteiger partial charge in [-0.25, -0.2) is 13.2 Å². The number of fused-ring (bicyclic) bond motifs is 9. The Morgan fingerprint density at radius 3 is 0.824 bits per heavy atom. The third-order valence-electron chi connectivity index (χ3n) is 14.4. The first-order valence-electron chi connectivity index (χ1n) is 24.6. The monoisotopic (exact) mass is 961 g/mol. The molecule has 0 N–H and O–H groups in total. The molecule has 11 aromatic carbocycles. The van der Waals surface area contributed by atoms with Crippen molar-refractivity contribution in [2.45, 2.75) is 0 Å². The molecule has 0 spiro atoms. The number of aromatic nitrogens is 3. The second-order valence-electron chi connectivity index (χ2n) is 18.6. The number of benzene rings is 11. The van der Waals surface area contributed by atoms with E-state index in [9.17, 15) is 13.2 Å². The van der Waals surface area contributed by atoms with Crippen LogP contribution < -0.4 is 9.80 Å². The van der Waals surface area contributed by atoms with Crippen LogP contribution in [-0.2, 0) is 0 Å². The predicted molar refractivity (Wildman–Crippen MR) is 299 cm³/mol. The zero-order chi connectivity index (χ0) is 49.4. The zero-order valence-electron chi connectivity index (χ0n) is 39.6. The maximum atomic E-state index is 14.8. The van der Waals surface area contributed by atoms with Crippen LogP contribution in [0.5, 0.6) is 0 Å². The van der Waals surface area contributed by atoms with Gasteiger partial charge in [0.15, 0.2) is 0 Å². The summed E-state index contributed by atoms with van der Waals surface area (Å²) in [7, 11) is 0. The van der Waals surface area contributed by atoms with Gasteiger partial charge in [0.05, 0.1) is 33.1 Å². The molecule has 0 aliphatic heterocycles. The number of para-hydroxylation sites is 4. The van der Waals surface area contributed by atoms with E-state index in [1.165, 1.54) is 36.4 Å². The second-order valence-corrected chi connectivity index (χ2v) is 18.6. The summed E-state index contributed by atoms with van der Waals surface area (Å²) in [6, 6.07) is 83.3. The summed E-state index contributed by atoms with van der Waals surface area (Å²) in [5.41, 5.74) is 14.2. The fraction of sp³-hybridized carbons (Fsp3) is 0. The molecule has 5 nitrogen and oxygen atoms in total. The largest absolute Gasteiger partial charge is 0.310 e. The highest BCUT2D eigenvalue weighted by Crippen LogP contribution is 2.45. The van der Waals surface area contributed by atoms with Crippen LogP contribution in [0.2, 0.25) is 0 Å². The Morgan fingerprint density at radius 2 is 0.473 bits per heavy atom. The van der Waals surface area contributed by atoms with Crippen LogP contribution >= 0.6 is 0 Å². The van der Waals surface area contributed by atoms with Crippen molar-refractivity contribution < 1.29 is 13.2 Å². The van der Waals surface area contributed by atoms with E-state index < -0.39 is 0 Å². The van der Waals surface area contributed by atoms with Crippen molar-refractivity contribution in [3.05, 3.63) is 272 Å². The lowest BCUT2D eigenvalue weighted by molar-refractivity contribution is 0.627. The minimum absolute atomic E-state index is 0.323. The van der Waals surface area contributed by atoms with Gasteiger partial charge in [-0.05, 0) is 182 Å². The van der Waals surface area contributed by atoms with Gasteiger partial charge < -0.3 is 23.5 Å². The van der Waals surface area contributed by atoms with Crippen LogP contribution in [-0.4, -0.2) is 13.7 Å². The standard InChI is InChI=1S/C66H42F3N5/c67-43-19-25-48(26-20-43)70(51-31-35-63-57(39-51)55-15-7-9-17-61(55)72(63)46-11-3-1-4-12-46)53-33-37-65-59(41-53)60-42-54(34-38-66(60)74(65)50-29-23-45(69)24-30-50)71(49-27-21-44(68)22-28-49)52-32-36-64-58(40-52)56-16-8-10-18-62(56)73(64)47-13-5-2-6-14-47/h1-42H. The molecule has 0 aliphatic rings. The minimum Gasteiger partial charge on any atom is -0.310 e. The molecule has 8 heteroatoms. The number of hydrogen-bond acceptors (Lipinski definition) is 2. The molecule has 3 heterocycles. The van der Waals surface area contributed by atoms with Crippen molar-refractivity contribution in [3.63, 3.8) is 0 Å². The molecule has 14 aromatic rings. The smallest absolute Gasteiger partial charge is 0.123 e. The van der Waals surface area contributed by atoms with Gasteiger partial charge in [-0.3, -0.25) is 0 Å². The second kappa shape index (κ2) is 17.2. The molecule has 3 aromatic heterocycles. The van der Waals surface area contributed by atoms with E-state index in [1.807, 2.05) is 36.4 Å². The number of hydrogen-bond donors (Lipinski definition) is 0. The lowest BCUT2D eigenvalue weighted by Crippen LogP contribution is -2.10. The summed E-state index contributed by atoms with van der Waals surface area (Å²) in [5.74, 6) is -0.976. The van der Waals surface area contributed by atoms with Gasteiger partial charge in [-0.1, -0.05) is 72.8 Å². The highest BCUT2D eigenvalue weighted by molar-refractivity contribution is 6.14. The van der Waals surface area contributed by atoms with Crippen molar-refractivity contribution in [1.29, 1.82) is 0 Å². The Morgan fingerprint density at radius 1 is 0.216 bits per heavy atom. The molecule has 0 unspecified atom stereocenters. The summed E-state index contributed by atoms with van der Waals surface area (Å²) in [6.45, 7) is 0. The first kappa shape index (κ1) is 43.0. The molecule has 14 rings (SSSR count). The topological polar surface area (TPSA) is 21.3 Å². The average molecular weight is 962 g/mol. The van der Waals surface area contributed by atoms with E-state index >= 15 is 0 Å². The van der Waals surface area contributed by atoms with Crippen LogP contribution in [0.4, 0.5) is 47.3 Å². The Balaban J connectivity index is 0.989. The van der Waals surface area contributed by atoms with Crippen molar-refractivity contribution in [3.8, 4) is 17.1 Å². The number of halogens is 3. The summed E-state index contributed by atoms with van der Waals surface area (Å²) in [4.78, 5) is 4.34. The zero-order valence-corrected chi connectivity index (χ0v) is 39.6. The third-order valence-corrected chi connectivity index (χ3v) is 14.4. The first-order valence-corrected chi connectivity index (χ1v) is 24.6. The van der Waals surface area contributed by atoms with Crippen molar-refractivity contribution in [2.24, 2.45) is 0 Å². The average Bonchev–Trinajstić information content (AvgIpc) is 4.08. The van der Waals surface area contributed by atoms with E-state index in [1.54, 1.807) is 12.1 Å². The molecule has 0 atom stereocenters. The highest BCUT2D eigenvalue weighted by Gasteiger charge is 2.23. The predicted octanol–water partition coefficient (Wildman–Crippen LogP) is 18.3. The Kier molecular flexibility index (Phi) is 10.0. The van der Waals surface area contributed by atoms with E-state index in [2.05, 4.69) is 193 Å². The summed E-state index contributed by atoms with van der Waals surface area (Å²) >= 11 is 0. The summed E-state index contributed by atoms with van der Waals surface area (Å²) < 4.78 is 50.9. The van der Waals surface area contributed by atoms with Crippen LogP contribution in [0, 0.1) is 17.5 Å². The fourth-order valence-electron chi connectivity index (χ4n) is 11.1. The molecule has 74 heavy (non-hydrogen) atoms. The Labute approximate surface area is 423 Å². The molecule has 0 saturated heterocycles. The van der Waals surface area contributed by atoms with Crippen LogP contribution in [0.25, 0.3) is 82.5 Å². The lowest BCUT2D eigenvalue weighted by Gasteiger charge is -2.26. The van der Waals surface area contributed by atoms with Gasteiger partial charge in [0, 0.05) is 83.5 Å². The van der Waals surface area contributed by atoms with Gasteiger partial charge in [0.1, 0.15) is 17.5 Å².